The van der Waals surface area contributed by atoms with Crippen LogP contribution in [0.3, 0.4) is 0 Å². The van der Waals surface area contributed by atoms with Crippen LogP contribution in [0.15, 0.2) is 0 Å². The molecule has 0 spiro atoms. The smallest absolute Gasteiger partial charge is 0.290 e. The van der Waals surface area contributed by atoms with Gasteiger partial charge in [-0.05, 0) is 12.8 Å². The lowest BCUT2D eigenvalue weighted by Crippen LogP contribution is -2.27. The number of hydrogen-bond acceptors (Lipinski definition) is 35. The lowest BCUT2D eigenvalue weighted by Gasteiger charge is -2.07. The largest absolute Gasteiger partial charge is 0.303 e. The first kappa shape index (κ1) is 60.6. The van der Waals surface area contributed by atoms with Gasteiger partial charge in [-0.15, -0.1) is 0 Å². The second-order valence-electron chi connectivity index (χ2n) is 16.8. The zero-order valence-electron chi connectivity index (χ0n) is 36.4. The van der Waals surface area contributed by atoms with Crippen LogP contribution >= 0.6 is 0 Å². The third-order valence-corrected chi connectivity index (χ3v) is 29.2. The van der Waals surface area contributed by atoms with Crippen LogP contribution in [0.4, 0.5) is 4.39 Å². The molecule has 0 aliphatic carbocycles. The lowest BCUT2D eigenvalue weighted by atomic mass is 10.2. The van der Waals surface area contributed by atoms with Gasteiger partial charge in [-0.25, -0.2) is 12.8 Å². The first-order chi connectivity index (χ1) is 33.3. The van der Waals surface area contributed by atoms with Gasteiger partial charge in [0, 0.05) is 5.92 Å². The van der Waals surface area contributed by atoms with Crippen molar-refractivity contribution in [3.63, 3.8) is 0 Å². The summed E-state index contributed by atoms with van der Waals surface area (Å²) in [5, 5.41) is -3.82. The van der Waals surface area contributed by atoms with Crippen LogP contribution in [0.25, 0.3) is 0 Å². The van der Waals surface area contributed by atoms with E-state index < -0.39 is 213 Å². The molecule has 12 saturated heterocycles. The molecule has 74 heavy (non-hydrogen) atoms. The van der Waals surface area contributed by atoms with Gasteiger partial charge in [0.2, 0.25) is 5.44 Å². The number of fused-ring (bicyclic) bond motifs is 6. The molecular weight excluding hydrogens is 1280 g/mol. The Balaban J connectivity index is 0.000000130. The molecule has 0 radical (unpaired) electrons. The quantitative estimate of drug-likeness (QED) is 0.161. The highest BCUT2D eigenvalue weighted by Gasteiger charge is 2.59. The maximum Gasteiger partial charge on any atom is 0.303 e. The summed E-state index contributed by atoms with van der Waals surface area (Å²) in [4.78, 5) is 0. The Hall–Kier alpha value is -1.08. The van der Waals surface area contributed by atoms with Crippen molar-refractivity contribution in [1.82, 2.24) is 0 Å². The van der Waals surface area contributed by atoms with Crippen LogP contribution in [-0.2, 0) is 171 Å². The van der Waals surface area contributed by atoms with E-state index in [0.29, 0.717) is 0 Å². The first-order valence-corrected chi connectivity index (χ1v) is 38.4. The minimum Gasteiger partial charge on any atom is -0.290 e. The molecule has 35 nitrogen and oxygen atoms in total. The van der Waals surface area contributed by atoms with E-state index in [2.05, 4.69) is 47.7 Å². The molecular formula is C26H39FO35S12. The summed E-state index contributed by atoms with van der Waals surface area (Å²) in [6, 6.07) is 0. The molecule has 0 saturated carbocycles. The number of hydrogen-bond donors (Lipinski definition) is 0. The van der Waals surface area contributed by atoms with E-state index in [-0.39, 0.29) is 49.4 Å². The maximum atomic E-state index is 12.9. The molecule has 0 aromatic carbocycles. The van der Waals surface area contributed by atoms with E-state index in [0.717, 1.165) is 0 Å². The fourth-order valence-corrected chi connectivity index (χ4v) is 26.4. The first-order valence-electron chi connectivity index (χ1n) is 19.9. The molecule has 0 amide bonds. The average Bonchev–Trinajstić information content (AvgIpc) is 4.13. The molecule has 11 unspecified atom stereocenters. The topological polar surface area (TPSA) is 503 Å². The van der Waals surface area contributed by atoms with E-state index in [1.165, 1.54) is 6.92 Å². The zero-order chi connectivity index (χ0) is 55.6. The fourth-order valence-electron chi connectivity index (χ4n) is 7.81. The molecule has 12 rings (SSSR count). The van der Waals surface area contributed by atoms with Gasteiger partial charge >= 0.3 is 10.1 Å². The Bertz CT molecular complexity index is 3360. The second-order valence-corrected chi connectivity index (χ2v) is 37.8. The summed E-state index contributed by atoms with van der Waals surface area (Å²) in [7, 11) is -43.5. The van der Waals surface area contributed by atoms with Crippen molar-refractivity contribution in [2.24, 2.45) is 5.92 Å². The minimum atomic E-state index is -4.29. The highest BCUT2D eigenvalue weighted by Crippen LogP contribution is 2.37. The third kappa shape index (κ3) is 13.4. The standard InChI is InChI=1S/C6H10O5S2.C4H5FO6S2.4C4H6O6S2/c1-4-6-5(10-13(4,8)9)3-12(2,7)11-6;5-4-3-2(10-13(4,8)9)1-12(6,7)11-3;5-11(6)1-3-4(10-11)2-12(7,8)9-3;5-11(6)2-4-3(10-11)1-9-12(4,7)8;5-11(6)3-1-9-12(7,8)4(3)2-10-11;5-11(6)2-3-1-9-12(7,8)4(3)10-11/h4-6H,2-3H2,1H3;2-4H,1H2;4*3-4H,1-2H2/t4?,5-,6-,12?;2-,3+,4?;;;;/m11..../s1. The number of rotatable bonds is 0. The second kappa shape index (κ2) is 19.9. The molecule has 0 aromatic heterocycles. The van der Waals surface area contributed by atoms with Crippen LogP contribution in [0.2, 0.25) is 0 Å². The normalized spacial score (nSPS) is 45.2. The van der Waals surface area contributed by atoms with E-state index in [1.807, 2.05) is 0 Å². The van der Waals surface area contributed by atoms with Gasteiger partial charge in [-0.2, -0.15) is 92.6 Å². The van der Waals surface area contributed by atoms with Gasteiger partial charge in [-0.3, -0.25) is 46.0 Å². The molecule has 48 heteroatoms. The third-order valence-electron chi connectivity index (χ3n) is 11.3. The van der Waals surface area contributed by atoms with E-state index in [1.54, 1.807) is 0 Å². The summed E-state index contributed by atoms with van der Waals surface area (Å²) >= 11 is 0. The van der Waals surface area contributed by atoms with E-state index in [4.69, 9.17) is 8.37 Å². The van der Waals surface area contributed by atoms with Gasteiger partial charge in [0.15, 0.2) is 6.10 Å². The number of alkyl halides is 1. The molecule has 12 heterocycles. The van der Waals surface area contributed by atoms with Crippen molar-refractivity contribution in [3.05, 3.63) is 0 Å². The van der Waals surface area contributed by atoms with Crippen molar-refractivity contribution >= 4 is 127 Å². The Morgan fingerprint density at radius 3 is 1.24 bits per heavy atom. The van der Waals surface area contributed by atoms with Crippen LogP contribution in [0.5, 0.6) is 0 Å². The average molecular weight is 1320 g/mol. The van der Waals surface area contributed by atoms with E-state index >= 15 is 0 Å². The molecule has 432 valence electrons. The van der Waals surface area contributed by atoms with Crippen LogP contribution in [0.1, 0.15) is 6.92 Å². The molecule has 12 aliphatic rings. The Kier molecular flexibility index (Phi) is 16.3. The van der Waals surface area contributed by atoms with Crippen molar-refractivity contribution in [3.8, 4) is 0 Å². The zero-order valence-corrected chi connectivity index (χ0v) is 46.2. The van der Waals surface area contributed by atoms with Crippen LogP contribution in [-0.4, -0.2) is 238 Å². The SMILES string of the molecule is C=S1(=O)C[C@H]2OS(=O)(=O)C(C)[C@H]2O1.O=S1(=O)CC2C(COS2(=O)=O)O1.O=S1(=O)CC2COS(=O)(=O)C2O1.O=S1(=O)CC2OS(=O)(=O)CC2O1.O=S1(=O)C[C@H]2OS(=O)(=O)C(F)[C@H]2O1.O=S1(=O)OCC2C1COS2(=O)=O. The molecule has 0 N–H and O–H groups in total. The predicted molar refractivity (Wildman–Crippen MR) is 235 cm³/mol. The monoisotopic (exact) mass is 1310 g/mol. The summed E-state index contributed by atoms with van der Waals surface area (Å²) in [5.74, 6) is 0.785. The summed E-state index contributed by atoms with van der Waals surface area (Å²) in [5.41, 5.74) is -3.71. The highest BCUT2D eigenvalue weighted by molar-refractivity contribution is 7.96. The van der Waals surface area contributed by atoms with Gasteiger partial charge in [0.1, 0.15) is 74.9 Å². The molecule has 15 atom stereocenters. The molecule has 0 bridgehead atoms. The predicted octanol–water partition coefficient (Wildman–Crippen LogP) is -8.15. The van der Waals surface area contributed by atoms with Crippen LogP contribution < -0.4 is 0 Å². The van der Waals surface area contributed by atoms with Crippen molar-refractivity contribution in [2.75, 3.05) is 60.9 Å². The highest BCUT2D eigenvalue weighted by atomic mass is 32.3. The summed E-state index contributed by atoms with van der Waals surface area (Å²) < 4.78 is 317. The molecule has 12 fully saturated rings. The van der Waals surface area contributed by atoms with Gasteiger partial charge in [0.05, 0.1) is 53.5 Å². The number of halogens is 1. The van der Waals surface area contributed by atoms with Crippen molar-refractivity contribution in [1.29, 1.82) is 0 Å². The lowest BCUT2D eigenvalue weighted by molar-refractivity contribution is 0.116. The maximum absolute atomic E-state index is 12.9. The van der Waals surface area contributed by atoms with E-state index in [9.17, 15) is 101 Å². The molecule has 0 aromatic rings. The van der Waals surface area contributed by atoms with Crippen molar-refractivity contribution in [2.45, 2.75) is 81.6 Å². The van der Waals surface area contributed by atoms with Crippen LogP contribution in [0, 0.1) is 5.92 Å². The Labute approximate surface area is 423 Å². The van der Waals surface area contributed by atoms with Gasteiger partial charge in [-0.1, -0.05) is 0 Å². The Morgan fingerprint density at radius 2 is 0.757 bits per heavy atom. The summed E-state index contributed by atoms with van der Waals surface area (Å²) in [6.45, 7) is 0.587. The van der Waals surface area contributed by atoms with Crippen molar-refractivity contribution < 1.29 is 151 Å². The summed E-state index contributed by atoms with van der Waals surface area (Å²) in [6.07, 6.45) is -6.49. The Morgan fingerprint density at radius 1 is 0.351 bits per heavy atom. The minimum absolute atomic E-state index is 0.0707. The van der Waals surface area contributed by atoms with Gasteiger partial charge < -0.3 is 0 Å². The molecule has 12 aliphatic heterocycles. The van der Waals surface area contributed by atoms with Gasteiger partial charge in [0.25, 0.3) is 107 Å². The fraction of sp³-hybridized carbons (Fsp3) is 0.962.